The molecule has 6 nitrogen and oxygen atoms in total. The number of nitrogens with one attached hydrogen (secondary N) is 1. The highest BCUT2D eigenvalue weighted by atomic mass is 32.2. The summed E-state index contributed by atoms with van der Waals surface area (Å²) < 4.78 is 0. The third-order valence-electron chi connectivity index (χ3n) is 4.77. The average Bonchev–Trinajstić information content (AvgIpc) is 3.08. The number of hydrogen-bond donors (Lipinski definition) is 1. The van der Waals surface area contributed by atoms with Crippen molar-refractivity contribution in [2.45, 2.75) is 32.4 Å². The predicted molar refractivity (Wildman–Crippen MR) is 116 cm³/mol. The van der Waals surface area contributed by atoms with Gasteiger partial charge in [0.15, 0.2) is 5.17 Å². The van der Waals surface area contributed by atoms with E-state index in [1.807, 2.05) is 61.5 Å². The molecule has 2 amide bonds. The van der Waals surface area contributed by atoms with Gasteiger partial charge in [0.25, 0.3) is 5.91 Å². The van der Waals surface area contributed by atoms with Gasteiger partial charge in [0.2, 0.25) is 5.91 Å². The fourth-order valence-electron chi connectivity index (χ4n) is 3.34. The average molecular weight is 407 g/mol. The van der Waals surface area contributed by atoms with E-state index in [1.54, 1.807) is 4.90 Å². The molecule has 0 unspecified atom stereocenters. The summed E-state index contributed by atoms with van der Waals surface area (Å²) in [6.07, 6.45) is 1.58. The molecule has 2 aliphatic heterocycles. The van der Waals surface area contributed by atoms with Crippen LogP contribution in [0.4, 0.5) is 5.69 Å². The highest BCUT2D eigenvalue weighted by Crippen LogP contribution is 2.34. The number of nitrogens with zero attached hydrogens (tertiary/aromatic N) is 3. The van der Waals surface area contributed by atoms with Crippen molar-refractivity contribution >= 4 is 40.3 Å². The molecule has 0 radical (unpaired) electrons. The van der Waals surface area contributed by atoms with E-state index in [-0.39, 0.29) is 23.6 Å². The molecule has 2 aliphatic rings. The van der Waals surface area contributed by atoms with E-state index >= 15 is 0 Å². The molecule has 0 fully saturated rings. The predicted octanol–water partition coefficient (Wildman–Crippen LogP) is 3.49. The minimum Gasteiger partial charge on any atom is -0.351 e. The number of carbonyl (C=O) groups excluding carboxylic acids is 2. The Bertz CT molecular complexity index is 987. The second-order valence-electron chi connectivity index (χ2n) is 6.89. The molecular weight excluding hydrogens is 384 g/mol. The number of hydrogen-bond acceptors (Lipinski definition) is 5. The number of carbonyl (C=O) groups is 2. The smallest absolute Gasteiger partial charge is 0.259 e. The van der Waals surface area contributed by atoms with Gasteiger partial charge in [0.05, 0.1) is 11.4 Å². The van der Waals surface area contributed by atoms with Crippen LogP contribution in [0, 0.1) is 0 Å². The van der Waals surface area contributed by atoms with Crippen molar-refractivity contribution in [1.82, 2.24) is 10.2 Å². The Balaban J connectivity index is 1.48. The molecule has 4 rings (SSSR count). The van der Waals surface area contributed by atoms with Crippen LogP contribution in [-0.2, 0) is 16.1 Å². The third-order valence-corrected chi connectivity index (χ3v) is 5.71. The number of fused-ring (bicyclic) bond motifs is 3. The highest BCUT2D eigenvalue weighted by molar-refractivity contribution is 8.14. The van der Waals surface area contributed by atoms with E-state index in [0.29, 0.717) is 24.0 Å². The van der Waals surface area contributed by atoms with Gasteiger partial charge < -0.3 is 5.32 Å². The Morgan fingerprint density at radius 2 is 1.90 bits per heavy atom. The number of benzene rings is 2. The minimum atomic E-state index is -0.376. The zero-order valence-electron chi connectivity index (χ0n) is 16.2. The zero-order valence-corrected chi connectivity index (χ0v) is 17.0. The molecule has 0 bridgehead atoms. The van der Waals surface area contributed by atoms with Crippen molar-refractivity contribution in [3.63, 3.8) is 0 Å². The SMILES string of the molecule is CCC[C@H]1N=C2c3ccccc3N=C(SCC(=O)NCc3ccccc3)N2C1=O. The Morgan fingerprint density at radius 1 is 1.14 bits per heavy atom. The first-order valence-corrected chi connectivity index (χ1v) is 10.7. The lowest BCUT2D eigenvalue weighted by Crippen LogP contribution is -2.41. The maximum atomic E-state index is 12.9. The van der Waals surface area contributed by atoms with Gasteiger partial charge in [0, 0.05) is 12.1 Å². The fourth-order valence-corrected chi connectivity index (χ4v) is 4.17. The number of amidine groups is 2. The molecule has 2 heterocycles. The van der Waals surface area contributed by atoms with Crippen LogP contribution in [0.25, 0.3) is 0 Å². The van der Waals surface area contributed by atoms with Crippen LogP contribution in [0.5, 0.6) is 0 Å². The van der Waals surface area contributed by atoms with Crippen LogP contribution in [0.3, 0.4) is 0 Å². The number of rotatable bonds is 6. The van der Waals surface area contributed by atoms with E-state index in [0.717, 1.165) is 23.2 Å². The topological polar surface area (TPSA) is 74.1 Å². The van der Waals surface area contributed by atoms with E-state index in [4.69, 9.17) is 0 Å². The number of aliphatic imine (C=N–C) groups is 2. The summed E-state index contributed by atoms with van der Waals surface area (Å²) in [6, 6.07) is 17.0. The summed E-state index contributed by atoms with van der Waals surface area (Å²) in [4.78, 5) is 36.1. The Kier molecular flexibility index (Phi) is 5.76. The number of para-hydroxylation sites is 1. The van der Waals surface area contributed by atoms with Gasteiger partial charge in [-0.2, -0.15) is 0 Å². The maximum absolute atomic E-state index is 12.9. The molecule has 0 aromatic heterocycles. The lowest BCUT2D eigenvalue weighted by molar-refractivity contribution is -0.124. The minimum absolute atomic E-state index is 0.0627. The van der Waals surface area contributed by atoms with Gasteiger partial charge in [-0.25, -0.2) is 9.89 Å². The van der Waals surface area contributed by atoms with E-state index in [1.165, 1.54) is 11.8 Å². The Hall–Kier alpha value is -2.93. The van der Waals surface area contributed by atoms with Gasteiger partial charge in [-0.15, -0.1) is 0 Å². The molecule has 2 aromatic carbocycles. The van der Waals surface area contributed by atoms with Gasteiger partial charge in [-0.05, 0) is 24.1 Å². The van der Waals surface area contributed by atoms with Crippen LogP contribution in [0.15, 0.2) is 64.6 Å². The van der Waals surface area contributed by atoms with Crippen LogP contribution >= 0.6 is 11.8 Å². The summed E-state index contributed by atoms with van der Waals surface area (Å²) in [5.41, 5.74) is 2.68. The van der Waals surface area contributed by atoms with Gasteiger partial charge >= 0.3 is 0 Å². The molecule has 2 aromatic rings. The van der Waals surface area contributed by atoms with Crippen molar-refractivity contribution in [2.75, 3.05) is 5.75 Å². The summed E-state index contributed by atoms with van der Waals surface area (Å²) in [5.74, 6) is 0.665. The van der Waals surface area contributed by atoms with Crippen LogP contribution < -0.4 is 5.32 Å². The van der Waals surface area contributed by atoms with Gasteiger partial charge in [-0.1, -0.05) is 67.6 Å². The normalized spacial score (nSPS) is 17.3. The monoisotopic (exact) mass is 406 g/mol. The maximum Gasteiger partial charge on any atom is 0.259 e. The zero-order chi connectivity index (χ0) is 20.2. The first kappa shape index (κ1) is 19.4. The van der Waals surface area contributed by atoms with Crippen LogP contribution in [0.2, 0.25) is 0 Å². The molecule has 0 saturated heterocycles. The second-order valence-corrected chi connectivity index (χ2v) is 7.84. The molecule has 1 atom stereocenters. The van der Waals surface area contributed by atoms with Crippen molar-refractivity contribution in [3.05, 3.63) is 65.7 Å². The number of thioether (sulfide) groups is 1. The molecule has 0 spiro atoms. The molecule has 0 aliphatic carbocycles. The Labute approximate surface area is 174 Å². The standard InChI is InChI=1S/C22H22N4O2S/c1-2-8-18-21(28)26-20(24-18)16-11-6-7-12-17(16)25-22(26)29-14-19(27)23-13-15-9-4-3-5-10-15/h3-7,9-12,18H,2,8,13-14H2,1H3,(H,23,27)/t18-/m1/s1. The molecular formula is C22H22N4O2S. The first-order valence-electron chi connectivity index (χ1n) is 9.70. The van der Waals surface area contributed by atoms with Crippen molar-refractivity contribution in [2.24, 2.45) is 9.98 Å². The summed E-state index contributed by atoms with van der Waals surface area (Å²) in [7, 11) is 0. The van der Waals surface area contributed by atoms with E-state index in [9.17, 15) is 9.59 Å². The second kappa shape index (κ2) is 8.61. The van der Waals surface area contributed by atoms with Crippen LogP contribution in [-0.4, -0.2) is 39.5 Å². The largest absolute Gasteiger partial charge is 0.351 e. The van der Waals surface area contributed by atoms with E-state index < -0.39 is 0 Å². The lowest BCUT2D eigenvalue weighted by atomic mass is 10.1. The van der Waals surface area contributed by atoms with Crippen LogP contribution in [0.1, 0.15) is 30.9 Å². The van der Waals surface area contributed by atoms with E-state index in [2.05, 4.69) is 15.3 Å². The molecule has 0 saturated carbocycles. The summed E-state index contributed by atoms with van der Waals surface area (Å²) in [5, 5.41) is 3.42. The summed E-state index contributed by atoms with van der Waals surface area (Å²) >= 11 is 1.27. The fraction of sp³-hybridized carbons (Fsp3) is 0.273. The van der Waals surface area contributed by atoms with Crippen molar-refractivity contribution < 1.29 is 9.59 Å². The quantitative estimate of drug-likeness (QED) is 0.798. The van der Waals surface area contributed by atoms with Gasteiger partial charge in [-0.3, -0.25) is 14.6 Å². The molecule has 1 N–H and O–H groups in total. The molecule has 7 heteroatoms. The molecule has 29 heavy (non-hydrogen) atoms. The summed E-state index contributed by atoms with van der Waals surface area (Å²) in [6.45, 7) is 2.52. The van der Waals surface area contributed by atoms with Crippen molar-refractivity contribution in [3.8, 4) is 0 Å². The lowest BCUT2D eigenvalue weighted by Gasteiger charge is -2.25. The van der Waals surface area contributed by atoms with Crippen molar-refractivity contribution in [1.29, 1.82) is 0 Å². The third kappa shape index (κ3) is 4.10. The molecule has 148 valence electrons. The Morgan fingerprint density at radius 3 is 2.69 bits per heavy atom. The first-order chi connectivity index (χ1) is 14.2. The van der Waals surface area contributed by atoms with Gasteiger partial charge in [0.1, 0.15) is 11.9 Å². The highest BCUT2D eigenvalue weighted by Gasteiger charge is 2.40. The number of amides is 2.